The quantitative estimate of drug-likeness (QED) is 0.298. The summed E-state index contributed by atoms with van der Waals surface area (Å²) in [5.74, 6) is -0.00980. The molecule has 2 aromatic carbocycles. The fourth-order valence-corrected chi connectivity index (χ4v) is 3.42. The molecule has 0 radical (unpaired) electrons. The van der Waals surface area contributed by atoms with Crippen LogP contribution in [0.1, 0.15) is 23.0 Å². The number of nitrogens with one attached hydrogen (secondary N) is 1. The van der Waals surface area contributed by atoms with E-state index in [1.54, 1.807) is 42.5 Å². The second kappa shape index (κ2) is 9.67. The molecule has 0 bridgehead atoms. The first-order valence-corrected chi connectivity index (χ1v) is 10.3. The topological polar surface area (TPSA) is 146 Å². The van der Waals surface area contributed by atoms with E-state index in [-0.39, 0.29) is 23.0 Å². The lowest BCUT2D eigenvalue weighted by atomic mass is 10.1. The lowest BCUT2D eigenvalue weighted by Gasteiger charge is -2.08. The molecule has 0 fully saturated rings. The minimum atomic E-state index is -0.646. The fraction of sp³-hybridized carbons (Fsp3) is 0.100. The van der Waals surface area contributed by atoms with Crippen LogP contribution in [0.4, 0.5) is 5.82 Å². The maximum absolute atomic E-state index is 12.9. The number of hydrogen-bond donors (Lipinski definition) is 2. The van der Waals surface area contributed by atoms with Gasteiger partial charge in [-0.3, -0.25) is 4.79 Å². The summed E-state index contributed by atoms with van der Waals surface area (Å²) in [7, 11) is 0. The van der Waals surface area contributed by atoms with Gasteiger partial charge in [0.1, 0.15) is 11.4 Å². The van der Waals surface area contributed by atoms with Crippen molar-refractivity contribution in [2.45, 2.75) is 6.92 Å². The molecule has 0 saturated carbocycles. The Hall–Kier alpha value is -3.96. The number of nitrogen functional groups attached to an aromatic ring is 1. The Bertz CT molecular complexity index is 1310. The van der Waals surface area contributed by atoms with Crippen molar-refractivity contribution in [3.8, 4) is 22.8 Å². The molecule has 0 spiro atoms. The summed E-state index contributed by atoms with van der Waals surface area (Å²) in [5.41, 5.74) is 9.48. The third-order valence-corrected chi connectivity index (χ3v) is 5.02. The predicted molar refractivity (Wildman–Crippen MR) is 122 cm³/mol. The Morgan fingerprint density at radius 3 is 2.70 bits per heavy atom. The van der Waals surface area contributed by atoms with Gasteiger partial charge in [0.05, 0.1) is 22.9 Å². The number of aromatic nitrogens is 5. The van der Waals surface area contributed by atoms with Crippen LogP contribution in [-0.4, -0.2) is 44.0 Å². The average molecular weight is 487 g/mol. The highest BCUT2D eigenvalue weighted by molar-refractivity contribution is 6.38. The lowest BCUT2D eigenvalue weighted by molar-refractivity contribution is 0.0950. The number of benzene rings is 2. The van der Waals surface area contributed by atoms with Gasteiger partial charge in [0.25, 0.3) is 5.91 Å². The van der Waals surface area contributed by atoms with Gasteiger partial charge in [0.2, 0.25) is 11.6 Å². The molecule has 0 aliphatic heterocycles. The smallest absolute Gasteiger partial charge is 0.294 e. The maximum atomic E-state index is 12.9. The Labute approximate surface area is 197 Å². The van der Waals surface area contributed by atoms with E-state index >= 15 is 0 Å². The van der Waals surface area contributed by atoms with Crippen molar-refractivity contribution in [3.63, 3.8) is 0 Å². The van der Waals surface area contributed by atoms with E-state index in [1.807, 2.05) is 6.92 Å². The van der Waals surface area contributed by atoms with Gasteiger partial charge in [-0.05, 0) is 41.5 Å². The molecule has 0 unspecified atom stereocenters. The largest absolute Gasteiger partial charge is 0.494 e. The SMILES string of the molecule is CCOc1cccc(-c2c(C(=O)N/N=C\c3c(Cl)cccc3Cl)nnn2-c2nonc2N)c1. The van der Waals surface area contributed by atoms with Gasteiger partial charge >= 0.3 is 0 Å². The summed E-state index contributed by atoms with van der Waals surface area (Å²) < 4.78 is 11.5. The molecule has 4 aromatic rings. The Kier molecular flexibility index (Phi) is 6.52. The van der Waals surface area contributed by atoms with Gasteiger partial charge in [-0.15, -0.1) is 5.10 Å². The highest BCUT2D eigenvalue weighted by Gasteiger charge is 2.25. The number of halogens is 2. The first-order chi connectivity index (χ1) is 16.0. The molecule has 0 aliphatic carbocycles. The zero-order valence-corrected chi connectivity index (χ0v) is 18.6. The molecule has 0 saturated heterocycles. The van der Waals surface area contributed by atoms with E-state index in [4.69, 9.17) is 33.7 Å². The van der Waals surface area contributed by atoms with Crippen molar-refractivity contribution in [1.82, 2.24) is 30.7 Å². The van der Waals surface area contributed by atoms with Crippen LogP contribution in [0.25, 0.3) is 17.1 Å². The van der Waals surface area contributed by atoms with E-state index in [2.05, 4.69) is 35.8 Å². The number of amides is 1. The highest BCUT2D eigenvalue weighted by Crippen LogP contribution is 2.29. The van der Waals surface area contributed by atoms with Crippen LogP contribution in [0.3, 0.4) is 0 Å². The molecule has 168 valence electrons. The molecule has 3 N–H and O–H groups in total. The molecular weight excluding hydrogens is 471 g/mol. The molecule has 33 heavy (non-hydrogen) atoms. The molecule has 2 heterocycles. The Balaban J connectivity index is 1.72. The first-order valence-electron chi connectivity index (χ1n) is 9.54. The molecule has 4 rings (SSSR count). The molecular formula is C20H16Cl2N8O3. The number of nitrogens with zero attached hydrogens (tertiary/aromatic N) is 6. The first kappa shape index (κ1) is 22.2. The molecule has 2 aromatic heterocycles. The van der Waals surface area contributed by atoms with E-state index in [1.165, 1.54) is 10.9 Å². The summed E-state index contributed by atoms with van der Waals surface area (Å²) in [4.78, 5) is 12.9. The summed E-state index contributed by atoms with van der Waals surface area (Å²) in [6, 6.07) is 12.0. The van der Waals surface area contributed by atoms with E-state index in [0.29, 0.717) is 33.5 Å². The monoisotopic (exact) mass is 486 g/mol. The zero-order chi connectivity index (χ0) is 23.4. The number of rotatable bonds is 7. The van der Waals surface area contributed by atoms with Crippen molar-refractivity contribution in [2.75, 3.05) is 12.3 Å². The van der Waals surface area contributed by atoms with Crippen molar-refractivity contribution in [3.05, 3.63) is 63.8 Å². The third-order valence-electron chi connectivity index (χ3n) is 4.36. The second-order valence-electron chi connectivity index (χ2n) is 6.47. The van der Waals surface area contributed by atoms with E-state index in [0.717, 1.165) is 0 Å². The lowest BCUT2D eigenvalue weighted by Crippen LogP contribution is -2.19. The Morgan fingerprint density at radius 1 is 1.24 bits per heavy atom. The van der Waals surface area contributed by atoms with Gasteiger partial charge < -0.3 is 10.5 Å². The molecule has 11 nitrogen and oxygen atoms in total. The van der Waals surface area contributed by atoms with Gasteiger partial charge in [0, 0.05) is 11.1 Å². The van der Waals surface area contributed by atoms with Gasteiger partial charge in [-0.1, -0.05) is 46.6 Å². The number of ether oxygens (including phenoxy) is 1. The number of hydrazone groups is 1. The van der Waals surface area contributed by atoms with Crippen LogP contribution in [-0.2, 0) is 0 Å². The van der Waals surface area contributed by atoms with Crippen LogP contribution in [0.2, 0.25) is 10.0 Å². The van der Waals surface area contributed by atoms with Gasteiger partial charge in [-0.25, -0.2) is 10.1 Å². The van der Waals surface area contributed by atoms with Crippen LogP contribution in [0, 0.1) is 0 Å². The van der Waals surface area contributed by atoms with Crippen LogP contribution in [0.5, 0.6) is 5.75 Å². The van der Waals surface area contributed by atoms with E-state index < -0.39 is 5.91 Å². The molecule has 13 heteroatoms. The van der Waals surface area contributed by atoms with E-state index in [9.17, 15) is 4.79 Å². The van der Waals surface area contributed by atoms with Gasteiger partial charge in [0.15, 0.2) is 5.69 Å². The number of nitrogens with two attached hydrogens (primary N) is 1. The standard InChI is InChI=1S/C20H16Cl2N8O3/c1-2-32-12-6-3-5-11(9-12)17-16(25-29-30(17)19-18(23)27-33-28-19)20(31)26-24-10-13-14(21)7-4-8-15(13)22/h3-10H,2H2,1H3,(H2,23,27)(H,26,31)/b24-10-. The fourth-order valence-electron chi connectivity index (χ4n) is 2.92. The van der Waals surface area contributed by atoms with Crippen molar-refractivity contribution < 1.29 is 14.2 Å². The van der Waals surface area contributed by atoms with Crippen molar-refractivity contribution in [2.24, 2.45) is 5.10 Å². The molecule has 0 atom stereocenters. The van der Waals surface area contributed by atoms with Crippen LogP contribution < -0.4 is 15.9 Å². The summed E-state index contributed by atoms with van der Waals surface area (Å²) in [6.45, 7) is 2.33. The predicted octanol–water partition coefficient (Wildman–Crippen LogP) is 3.37. The highest BCUT2D eigenvalue weighted by atomic mass is 35.5. The van der Waals surface area contributed by atoms with Crippen molar-refractivity contribution in [1.29, 1.82) is 0 Å². The van der Waals surface area contributed by atoms with Crippen molar-refractivity contribution >= 4 is 41.1 Å². The summed E-state index contributed by atoms with van der Waals surface area (Å²) in [6.07, 6.45) is 1.34. The minimum absolute atomic E-state index is 0.0274. The molecule has 1 amide bonds. The van der Waals surface area contributed by atoms with Gasteiger partial charge in [-0.2, -0.15) is 9.78 Å². The third kappa shape index (κ3) is 4.64. The zero-order valence-electron chi connectivity index (χ0n) is 17.1. The summed E-state index contributed by atoms with van der Waals surface area (Å²) in [5, 5.41) is 20.0. The number of anilines is 1. The summed E-state index contributed by atoms with van der Waals surface area (Å²) >= 11 is 12.2. The van der Waals surface area contributed by atoms with Crippen LogP contribution >= 0.6 is 23.2 Å². The normalized spacial score (nSPS) is 11.1. The number of carbonyl (C=O) groups is 1. The number of carbonyl (C=O) groups excluding carboxylic acids is 1. The number of hydrogen-bond acceptors (Lipinski definition) is 9. The average Bonchev–Trinajstić information content (AvgIpc) is 3.42. The Morgan fingerprint density at radius 2 is 2.00 bits per heavy atom. The second-order valence-corrected chi connectivity index (χ2v) is 7.28. The minimum Gasteiger partial charge on any atom is -0.494 e. The maximum Gasteiger partial charge on any atom is 0.294 e. The molecule has 0 aliphatic rings. The van der Waals surface area contributed by atoms with Crippen LogP contribution in [0.15, 0.2) is 52.2 Å².